The Morgan fingerprint density at radius 3 is 3.06 bits per heavy atom. The number of aliphatic carboxylic acids is 1. The molecule has 0 aromatic rings. The van der Waals surface area contributed by atoms with Gasteiger partial charge in [0, 0.05) is 24.6 Å². The summed E-state index contributed by atoms with van der Waals surface area (Å²) >= 11 is 1.83. The van der Waals surface area contributed by atoms with E-state index in [0.29, 0.717) is 6.42 Å². The fourth-order valence-electron chi connectivity index (χ4n) is 1.61. The van der Waals surface area contributed by atoms with Crippen molar-refractivity contribution in [1.29, 1.82) is 0 Å². The predicted octanol–water partition coefficient (Wildman–Crippen LogP) is 1.13. The number of hydrogen-bond acceptors (Lipinski definition) is 4. The molecule has 1 saturated heterocycles. The second-order valence-corrected chi connectivity index (χ2v) is 4.88. The molecule has 0 aromatic carbocycles. The third-order valence-corrected chi connectivity index (χ3v) is 3.38. The van der Waals surface area contributed by atoms with Crippen LogP contribution < -0.4 is 5.32 Å². The molecule has 2 atom stereocenters. The third kappa shape index (κ3) is 5.01. The van der Waals surface area contributed by atoms with Gasteiger partial charge in [-0.1, -0.05) is 6.08 Å². The first kappa shape index (κ1) is 13.5. The molecule has 1 heterocycles. The lowest BCUT2D eigenvalue weighted by molar-refractivity contribution is -0.149. The molecule has 92 valence electrons. The summed E-state index contributed by atoms with van der Waals surface area (Å²) in [4.78, 5) is 10.6. The van der Waals surface area contributed by atoms with E-state index in [2.05, 4.69) is 11.9 Å². The quantitative estimate of drug-likeness (QED) is 0.496. The Hall–Kier alpha value is -0.520. The van der Waals surface area contributed by atoms with Crippen molar-refractivity contribution in [2.24, 2.45) is 0 Å². The predicted molar refractivity (Wildman–Crippen MR) is 65.9 cm³/mol. The van der Waals surface area contributed by atoms with Crippen molar-refractivity contribution in [3.8, 4) is 0 Å². The molecular formula is C11H19NO3S. The zero-order chi connectivity index (χ0) is 11.8. The van der Waals surface area contributed by atoms with Crippen molar-refractivity contribution < 1.29 is 14.6 Å². The van der Waals surface area contributed by atoms with E-state index in [1.165, 1.54) is 0 Å². The van der Waals surface area contributed by atoms with Crippen LogP contribution in [0.4, 0.5) is 0 Å². The van der Waals surface area contributed by atoms with E-state index in [9.17, 15) is 4.79 Å². The molecule has 4 nitrogen and oxygen atoms in total. The van der Waals surface area contributed by atoms with Gasteiger partial charge >= 0.3 is 5.97 Å². The van der Waals surface area contributed by atoms with E-state index in [4.69, 9.17) is 9.84 Å². The zero-order valence-corrected chi connectivity index (χ0v) is 10.2. The molecule has 1 rings (SSSR count). The van der Waals surface area contributed by atoms with E-state index in [1.807, 2.05) is 17.8 Å². The third-order valence-electron chi connectivity index (χ3n) is 2.41. The van der Waals surface area contributed by atoms with Crippen molar-refractivity contribution >= 4 is 17.7 Å². The number of carboxylic acid groups (broad SMARTS) is 1. The molecule has 0 radical (unpaired) electrons. The maximum absolute atomic E-state index is 10.6. The molecule has 0 amide bonds. The molecule has 16 heavy (non-hydrogen) atoms. The Kier molecular flexibility index (Phi) is 6.52. The van der Waals surface area contributed by atoms with Crippen LogP contribution in [0, 0.1) is 0 Å². The van der Waals surface area contributed by atoms with E-state index in [1.54, 1.807) is 0 Å². The number of rotatable bonds is 8. The Morgan fingerprint density at radius 2 is 2.44 bits per heavy atom. The van der Waals surface area contributed by atoms with Crippen molar-refractivity contribution in [1.82, 2.24) is 5.32 Å². The maximum atomic E-state index is 10.6. The number of carbonyl (C=O) groups is 1. The number of ether oxygens (including phenoxy) is 1. The second kappa shape index (κ2) is 7.70. The van der Waals surface area contributed by atoms with Gasteiger partial charge in [-0.25, -0.2) is 4.79 Å². The number of carboxylic acids is 1. The van der Waals surface area contributed by atoms with Crippen LogP contribution in [0.2, 0.25) is 0 Å². The highest BCUT2D eigenvalue weighted by molar-refractivity contribution is 7.99. The lowest BCUT2D eigenvalue weighted by Gasteiger charge is -2.11. The molecule has 0 saturated carbocycles. The molecule has 0 aromatic heterocycles. The van der Waals surface area contributed by atoms with Gasteiger partial charge in [0.15, 0.2) is 6.10 Å². The summed E-state index contributed by atoms with van der Waals surface area (Å²) in [7, 11) is 0. The number of hydrogen-bond donors (Lipinski definition) is 2. The molecule has 0 bridgehead atoms. The topological polar surface area (TPSA) is 58.6 Å². The van der Waals surface area contributed by atoms with Gasteiger partial charge in [-0.05, 0) is 12.8 Å². The van der Waals surface area contributed by atoms with Crippen LogP contribution in [-0.2, 0) is 9.53 Å². The fraction of sp³-hybridized carbons (Fsp3) is 0.727. The summed E-state index contributed by atoms with van der Waals surface area (Å²) < 4.78 is 5.37. The highest BCUT2D eigenvalue weighted by Crippen LogP contribution is 2.19. The average Bonchev–Trinajstić information content (AvgIpc) is 2.72. The summed E-state index contributed by atoms with van der Waals surface area (Å²) in [6.45, 7) is 5.32. The minimum absolute atomic E-state index is 0.0607. The second-order valence-electron chi connectivity index (χ2n) is 3.73. The van der Waals surface area contributed by atoms with Crippen LogP contribution >= 0.6 is 11.8 Å². The standard InChI is InChI=1S/C11H19NO3S/c1-2-6-16-7-5-12-8-9-3-4-10(15-9)11(13)14/h2,9-10,12H,1,3-8H2,(H,13,14). The molecule has 0 aliphatic carbocycles. The molecule has 0 spiro atoms. The first-order chi connectivity index (χ1) is 7.74. The van der Waals surface area contributed by atoms with Crippen LogP contribution in [0.3, 0.4) is 0 Å². The van der Waals surface area contributed by atoms with Crippen LogP contribution in [0.15, 0.2) is 12.7 Å². The summed E-state index contributed by atoms with van der Waals surface area (Å²) in [6, 6.07) is 0. The Labute approximate surface area is 100 Å². The van der Waals surface area contributed by atoms with Crippen molar-refractivity contribution in [2.75, 3.05) is 24.6 Å². The molecule has 1 aliphatic heterocycles. The lowest BCUT2D eigenvalue weighted by atomic mass is 10.2. The van der Waals surface area contributed by atoms with Gasteiger partial charge < -0.3 is 15.2 Å². The van der Waals surface area contributed by atoms with Crippen LogP contribution in [-0.4, -0.2) is 47.9 Å². The monoisotopic (exact) mass is 245 g/mol. The molecule has 2 N–H and O–H groups in total. The Bertz CT molecular complexity index is 235. The smallest absolute Gasteiger partial charge is 0.332 e. The summed E-state index contributed by atoms with van der Waals surface area (Å²) in [5, 5.41) is 12.0. The van der Waals surface area contributed by atoms with Crippen molar-refractivity contribution in [2.45, 2.75) is 25.0 Å². The van der Waals surface area contributed by atoms with Gasteiger partial charge in [0.25, 0.3) is 0 Å². The maximum Gasteiger partial charge on any atom is 0.332 e. The average molecular weight is 245 g/mol. The molecular weight excluding hydrogens is 226 g/mol. The first-order valence-electron chi connectivity index (χ1n) is 5.51. The highest BCUT2D eigenvalue weighted by atomic mass is 32.2. The Morgan fingerprint density at radius 1 is 1.62 bits per heavy atom. The summed E-state index contributed by atoms with van der Waals surface area (Å²) in [5.41, 5.74) is 0. The SMILES string of the molecule is C=CCSCCNCC1CCC(C(=O)O)O1. The van der Waals surface area contributed by atoms with E-state index >= 15 is 0 Å². The first-order valence-corrected chi connectivity index (χ1v) is 6.67. The molecule has 2 unspecified atom stereocenters. The zero-order valence-electron chi connectivity index (χ0n) is 9.35. The molecule has 1 aliphatic rings. The van der Waals surface area contributed by atoms with Crippen LogP contribution in [0.5, 0.6) is 0 Å². The molecule has 1 fully saturated rings. The van der Waals surface area contributed by atoms with Gasteiger partial charge in [-0.2, -0.15) is 11.8 Å². The van der Waals surface area contributed by atoms with Gasteiger partial charge in [0.2, 0.25) is 0 Å². The lowest BCUT2D eigenvalue weighted by Crippen LogP contribution is -2.30. The van der Waals surface area contributed by atoms with Gasteiger partial charge in [-0.15, -0.1) is 6.58 Å². The van der Waals surface area contributed by atoms with E-state index < -0.39 is 12.1 Å². The van der Waals surface area contributed by atoms with Crippen LogP contribution in [0.1, 0.15) is 12.8 Å². The van der Waals surface area contributed by atoms with Crippen molar-refractivity contribution in [3.63, 3.8) is 0 Å². The highest BCUT2D eigenvalue weighted by Gasteiger charge is 2.29. The minimum atomic E-state index is -0.843. The van der Waals surface area contributed by atoms with Crippen LogP contribution in [0.25, 0.3) is 0 Å². The van der Waals surface area contributed by atoms with Gasteiger partial charge in [-0.3, -0.25) is 0 Å². The van der Waals surface area contributed by atoms with E-state index in [0.717, 1.165) is 31.0 Å². The number of nitrogens with one attached hydrogen (secondary N) is 1. The minimum Gasteiger partial charge on any atom is -0.479 e. The summed E-state index contributed by atoms with van der Waals surface area (Å²) in [6.07, 6.45) is 2.83. The summed E-state index contributed by atoms with van der Waals surface area (Å²) in [5.74, 6) is 1.17. The number of thioether (sulfide) groups is 1. The Balaban J connectivity index is 1.98. The fourth-order valence-corrected chi connectivity index (χ4v) is 2.23. The van der Waals surface area contributed by atoms with E-state index in [-0.39, 0.29) is 6.10 Å². The normalized spacial score (nSPS) is 24.5. The van der Waals surface area contributed by atoms with Gasteiger partial charge in [0.05, 0.1) is 6.10 Å². The largest absolute Gasteiger partial charge is 0.479 e. The van der Waals surface area contributed by atoms with Crippen molar-refractivity contribution in [3.05, 3.63) is 12.7 Å². The van der Waals surface area contributed by atoms with Gasteiger partial charge in [0.1, 0.15) is 0 Å². The molecule has 5 heteroatoms.